The van der Waals surface area contributed by atoms with Gasteiger partial charge in [0, 0.05) is 23.5 Å². The fourth-order valence-corrected chi connectivity index (χ4v) is 4.21. The first kappa shape index (κ1) is 19.7. The van der Waals surface area contributed by atoms with Crippen LogP contribution in [0.4, 0.5) is 4.39 Å². The number of aromatic nitrogens is 2. The van der Waals surface area contributed by atoms with Gasteiger partial charge in [0.2, 0.25) is 0 Å². The van der Waals surface area contributed by atoms with E-state index < -0.39 is 22.9 Å². The van der Waals surface area contributed by atoms with Gasteiger partial charge >= 0.3 is 5.97 Å². The smallest absolute Gasteiger partial charge is 0.341 e. The fourth-order valence-electron chi connectivity index (χ4n) is 4.21. The Morgan fingerprint density at radius 1 is 1.38 bits per heavy atom. The molecule has 2 aliphatic carbocycles. The van der Waals surface area contributed by atoms with Crippen LogP contribution in [0.15, 0.2) is 29.3 Å². The summed E-state index contributed by atoms with van der Waals surface area (Å²) >= 11 is 0. The Labute approximate surface area is 172 Å². The van der Waals surface area contributed by atoms with Crippen LogP contribution in [0.1, 0.15) is 58.6 Å². The van der Waals surface area contributed by atoms with Crippen molar-refractivity contribution in [2.24, 2.45) is 5.73 Å². The van der Waals surface area contributed by atoms with Crippen molar-refractivity contribution in [1.82, 2.24) is 9.38 Å². The zero-order valence-corrected chi connectivity index (χ0v) is 16.6. The number of halogens is 2. The van der Waals surface area contributed by atoms with E-state index in [0.29, 0.717) is 22.3 Å². The number of aromatic amines is 1. The van der Waals surface area contributed by atoms with Gasteiger partial charge in [0.05, 0.1) is 11.2 Å². The van der Waals surface area contributed by atoms with Crippen molar-refractivity contribution in [2.45, 2.75) is 44.1 Å². The molecule has 0 radical (unpaired) electrons. The van der Waals surface area contributed by atoms with Crippen molar-refractivity contribution in [3.8, 4) is 11.3 Å². The molecular formula is C21H21ClFN3O3. The molecule has 3 heterocycles. The lowest BCUT2D eigenvalue weighted by Crippen LogP contribution is -2.24. The number of carboxylic acids is 1. The maximum Gasteiger partial charge on any atom is 0.341 e. The molecule has 152 valence electrons. The number of nitrogens with two attached hydrogens (primary N) is 1. The van der Waals surface area contributed by atoms with E-state index in [0.717, 1.165) is 47.4 Å². The van der Waals surface area contributed by atoms with Gasteiger partial charge in [-0.3, -0.25) is 9.20 Å². The standard InChI is InChI=1S/C21H20FN3O3.ClH/c1-10-16(17-14(4-7-24-17)21(23)5-6-21)15(22)9-25-18(10)12(11-2-3-11)8-13(19(25)26)20(27)28;/h4,7-9,11,24H,2-3,5-6,23H2,1H3,(H,27,28);1H. The molecule has 0 aromatic carbocycles. The number of fused-ring (bicyclic) bond motifs is 1. The second kappa shape index (κ2) is 6.43. The number of pyridine rings is 2. The molecule has 0 atom stereocenters. The van der Waals surface area contributed by atoms with Crippen molar-refractivity contribution < 1.29 is 14.3 Å². The van der Waals surface area contributed by atoms with Gasteiger partial charge < -0.3 is 15.8 Å². The number of aromatic carboxylic acids is 1. The number of hydrogen-bond donors (Lipinski definition) is 3. The van der Waals surface area contributed by atoms with E-state index in [1.54, 1.807) is 13.1 Å². The predicted molar refractivity (Wildman–Crippen MR) is 109 cm³/mol. The molecule has 0 bridgehead atoms. The third-order valence-electron chi connectivity index (χ3n) is 6.04. The molecule has 3 aromatic rings. The summed E-state index contributed by atoms with van der Waals surface area (Å²) in [5.74, 6) is -1.68. The number of nitrogens with one attached hydrogen (secondary N) is 1. The summed E-state index contributed by atoms with van der Waals surface area (Å²) in [6.07, 6.45) is 6.42. The Kier molecular flexibility index (Phi) is 4.36. The third-order valence-corrected chi connectivity index (χ3v) is 6.04. The maximum absolute atomic E-state index is 15.2. The fraction of sp³-hybridized carbons (Fsp3) is 0.333. The molecule has 3 aromatic heterocycles. The summed E-state index contributed by atoms with van der Waals surface area (Å²) < 4.78 is 16.4. The first-order chi connectivity index (χ1) is 13.3. The number of carbonyl (C=O) groups is 1. The first-order valence-corrected chi connectivity index (χ1v) is 9.40. The Morgan fingerprint density at radius 2 is 2.07 bits per heavy atom. The van der Waals surface area contributed by atoms with Gasteiger partial charge in [-0.1, -0.05) is 0 Å². The quantitative estimate of drug-likeness (QED) is 0.602. The molecule has 2 aliphatic rings. The van der Waals surface area contributed by atoms with Gasteiger partial charge in [-0.2, -0.15) is 0 Å². The maximum atomic E-state index is 15.2. The Hall–Kier alpha value is -2.64. The van der Waals surface area contributed by atoms with Crippen molar-refractivity contribution in [3.05, 3.63) is 63.0 Å². The Balaban J connectivity index is 0.00000205. The third kappa shape index (κ3) is 2.88. The van der Waals surface area contributed by atoms with Gasteiger partial charge in [-0.05, 0) is 67.3 Å². The number of hydrogen-bond acceptors (Lipinski definition) is 3. The highest BCUT2D eigenvalue weighted by Crippen LogP contribution is 2.48. The minimum atomic E-state index is -1.30. The van der Waals surface area contributed by atoms with Gasteiger partial charge in [-0.25, -0.2) is 9.18 Å². The van der Waals surface area contributed by atoms with Crippen molar-refractivity contribution >= 4 is 23.9 Å². The van der Waals surface area contributed by atoms with Crippen LogP contribution in [0.5, 0.6) is 0 Å². The van der Waals surface area contributed by atoms with Crippen LogP contribution in [0.3, 0.4) is 0 Å². The molecule has 8 heteroatoms. The van der Waals surface area contributed by atoms with E-state index in [1.807, 2.05) is 6.07 Å². The summed E-state index contributed by atoms with van der Waals surface area (Å²) in [5.41, 5.74) is 8.77. The molecule has 4 N–H and O–H groups in total. The normalized spacial score (nSPS) is 17.2. The van der Waals surface area contributed by atoms with Crippen LogP contribution in [-0.2, 0) is 5.54 Å². The SMILES string of the molecule is Cc1c(-c2[nH]ccc2C2(N)CC2)c(F)cn2c(=O)c(C(=O)O)cc(C3CC3)c12.Cl. The number of H-pyrrole nitrogens is 1. The van der Waals surface area contributed by atoms with E-state index in [2.05, 4.69) is 4.98 Å². The summed E-state index contributed by atoms with van der Waals surface area (Å²) in [7, 11) is 0. The minimum Gasteiger partial charge on any atom is -0.477 e. The van der Waals surface area contributed by atoms with Gasteiger partial charge in [-0.15, -0.1) is 12.4 Å². The number of nitrogens with zero attached hydrogens (tertiary/aromatic N) is 1. The minimum absolute atomic E-state index is 0. The Morgan fingerprint density at radius 3 is 2.66 bits per heavy atom. The average Bonchev–Trinajstić information content (AvgIpc) is 3.56. The molecule has 0 unspecified atom stereocenters. The second-order valence-corrected chi connectivity index (χ2v) is 8.02. The van der Waals surface area contributed by atoms with Crippen molar-refractivity contribution in [2.75, 3.05) is 0 Å². The van der Waals surface area contributed by atoms with Crippen LogP contribution < -0.4 is 11.3 Å². The second-order valence-electron chi connectivity index (χ2n) is 8.02. The molecule has 0 spiro atoms. The highest BCUT2D eigenvalue weighted by Gasteiger charge is 2.43. The summed E-state index contributed by atoms with van der Waals surface area (Å²) in [4.78, 5) is 27.3. The lowest BCUT2D eigenvalue weighted by atomic mass is 9.95. The largest absolute Gasteiger partial charge is 0.477 e. The summed E-state index contributed by atoms with van der Waals surface area (Å²) in [6, 6.07) is 3.35. The van der Waals surface area contributed by atoms with E-state index in [-0.39, 0.29) is 23.9 Å². The number of aryl methyl sites for hydroxylation is 1. The number of rotatable bonds is 4. The van der Waals surface area contributed by atoms with E-state index in [4.69, 9.17) is 5.73 Å². The van der Waals surface area contributed by atoms with Gasteiger partial charge in [0.1, 0.15) is 11.4 Å². The topological polar surface area (TPSA) is 101 Å². The lowest BCUT2D eigenvalue weighted by molar-refractivity contribution is 0.0694. The van der Waals surface area contributed by atoms with E-state index in [1.165, 1.54) is 6.07 Å². The molecule has 2 fully saturated rings. The molecule has 2 saturated carbocycles. The lowest BCUT2D eigenvalue weighted by Gasteiger charge is -2.18. The number of carboxylic acid groups (broad SMARTS) is 1. The van der Waals surface area contributed by atoms with Crippen LogP contribution in [0.25, 0.3) is 16.8 Å². The molecule has 0 aliphatic heterocycles. The van der Waals surface area contributed by atoms with Crippen molar-refractivity contribution in [3.63, 3.8) is 0 Å². The molecule has 29 heavy (non-hydrogen) atoms. The van der Waals surface area contributed by atoms with Crippen LogP contribution in [0.2, 0.25) is 0 Å². The van der Waals surface area contributed by atoms with Gasteiger partial charge in [0.15, 0.2) is 0 Å². The van der Waals surface area contributed by atoms with E-state index in [9.17, 15) is 14.7 Å². The van der Waals surface area contributed by atoms with Crippen LogP contribution >= 0.6 is 12.4 Å². The van der Waals surface area contributed by atoms with Gasteiger partial charge in [0.25, 0.3) is 5.56 Å². The molecular weight excluding hydrogens is 397 g/mol. The molecule has 5 rings (SSSR count). The van der Waals surface area contributed by atoms with E-state index >= 15 is 4.39 Å². The zero-order chi connectivity index (χ0) is 19.8. The Bertz CT molecular complexity index is 1220. The van der Waals surface area contributed by atoms with Crippen molar-refractivity contribution in [1.29, 1.82) is 0 Å². The zero-order valence-electron chi connectivity index (χ0n) is 15.8. The summed E-state index contributed by atoms with van der Waals surface area (Å²) in [5, 5.41) is 9.40. The molecule has 0 saturated heterocycles. The van der Waals surface area contributed by atoms with Crippen LogP contribution in [-0.4, -0.2) is 20.5 Å². The monoisotopic (exact) mass is 417 g/mol. The molecule has 0 amide bonds. The first-order valence-electron chi connectivity index (χ1n) is 9.40. The molecule has 6 nitrogen and oxygen atoms in total. The summed E-state index contributed by atoms with van der Waals surface area (Å²) in [6.45, 7) is 1.78. The average molecular weight is 418 g/mol. The highest BCUT2D eigenvalue weighted by atomic mass is 35.5. The predicted octanol–water partition coefficient (Wildman–Crippen LogP) is 3.69. The van der Waals surface area contributed by atoms with Crippen LogP contribution in [0, 0.1) is 12.7 Å². The highest BCUT2D eigenvalue weighted by molar-refractivity contribution is 5.89.